The minimum atomic E-state index is -0.348. The third-order valence-corrected chi connectivity index (χ3v) is 4.39. The highest BCUT2D eigenvalue weighted by Crippen LogP contribution is 2.28. The van der Waals surface area contributed by atoms with Crippen LogP contribution in [-0.4, -0.2) is 35.1 Å². The molecule has 0 aliphatic carbocycles. The Hall–Kier alpha value is -2.96. The molecule has 3 heterocycles. The number of hydrogen-bond donors (Lipinski definition) is 0. The molecule has 2 aromatic heterocycles. The van der Waals surface area contributed by atoms with E-state index in [1.807, 2.05) is 64.5 Å². The lowest BCUT2D eigenvalue weighted by molar-refractivity contribution is -0.137. The Kier molecular flexibility index (Phi) is 3.41. The summed E-state index contributed by atoms with van der Waals surface area (Å²) in [6, 6.07) is 9.63. The maximum absolute atomic E-state index is 12.8. The van der Waals surface area contributed by atoms with Gasteiger partial charge in [0, 0.05) is 26.0 Å². The van der Waals surface area contributed by atoms with Gasteiger partial charge in [0.1, 0.15) is 6.04 Å². The van der Waals surface area contributed by atoms with Crippen LogP contribution >= 0.6 is 0 Å². The topological polar surface area (TPSA) is 68.8 Å². The molecule has 3 aromatic rings. The fourth-order valence-electron chi connectivity index (χ4n) is 3.13. The van der Waals surface area contributed by atoms with Gasteiger partial charge in [0.15, 0.2) is 11.6 Å². The smallest absolute Gasteiger partial charge is 0.246 e. The molecule has 1 atom stereocenters. The van der Waals surface area contributed by atoms with Crippen molar-refractivity contribution in [2.75, 3.05) is 0 Å². The van der Waals surface area contributed by atoms with Crippen LogP contribution in [0.3, 0.4) is 0 Å². The van der Waals surface area contributed by atoms with Crippen LogP contribution in [0.5, 0.6) is 0 Å². The van der Waals surface area contributed by atoms with Gasteiger partial charge >= 0.3 is 0 Å². The number of aromatic nitrogens is 5. The van der Waals surface area contributed by atoms with E-state index in [1.54, 1.807) is 6.20 Å². The van der Waals surface area contributed by atoms with Crippen molar-refractivity contribution in [3.05, 3.63) is 54.1 Å². The van der Waals surface area contributed by atoms with E-state index in [1.165, 1.54) is 0 Å². The molecule has 0 fully saturated rings. The number of amides is 1. The van der Waals surface area contributed by atoms with Crippen LogP contribution < -0.4 is 0 Å². The van der Waals surface area contributed by atoms with Crippen LogP contribution in [0.15, 0.2) is 42.7 Å². The summed E-state index contributed by atoms with van der Waals surface area (Å²) >= 11 is 0. The fraction of sp³-hybridized carbons (Fsp3) is 0.294. The number of aryl methyl sites for hydroxylation is 1. The molecule has 122 valence electrons. The van der Waals surface area contributed by atoms with Crippen molar-refractivity contribution in [1.82, 2.24) is 29.2 Å². The summed E-state index contributed by atoms with van der Waals surface area (Å²) in [6.45, 7) is 2.92. The quantitative estimate of drug-likeness (QED) is 0.737. The lowest BCUT2D eigenvalue weighted by atomic mass is 10.1. The molecule has 24 heavy (non-hydrogen) atoms. The van der Waals surface area contributed by atoms with Crippen LogP contribution in [0.4, 0.5) is 0 Å². The molecule has 0 N–H and O–H groups in total. The summed E-state index contributed by atoms with van der Waals surface area (Å²) in [6.07, 6.45) is 3.57. The third kappa shape index (κ3) is 2.29. The standard InChI is InChI=1S/C17H18N6O/c1-12-17(24)22(10-13-6-4-3-5-7-13)11-14-19-20-16(23(12)14)15-18-8-9-21(15)2/h3-9,12H,10-11H2,1-2H3/t12-/m0/s1. The Bertz CT molecular complexity index is 882. The highest BCUT2D eigenvalue weighted by Gasteiger charge is 2.34. The number of carbonyl (C=O) groups is 1. The highest BCUT2D eigenvalue weighted by atomic mass is 16.2. The van der Waals surface area contributed by atoms with Gasteiger partial charge in [0.05, 0.1) is 6.54 Å². The van der Waals surface area contributed by atoms with Gasteiger partial charge in [-0.05, 0) is 12.5 Å². The van der Waals surface area contributed by atoms with Gasteiger partial charge in [-0.25, -0.2) is 4.98 Å². The lowest BCUT2D eigenvalue weighted by Gasteiger charge is -2.32. The number of rotatable bonds is 3. The predicted molar refractivity (Wildman–Crippen MR) is 87.6 cm³/mol. The van der Waals surface area contributed by atoms with Crippen molar-refractivity contribution >= 4 is 5.91 Å². The number of fused-ring (bicyclic) bond motifs is 1. The molecule has 7 nitrogen and oxygen atoms in total. The lowest BCUT2D eigenvalue weighted by Crippen LogP contribution is -2.41. The Morgan fingerprint density at radius 3 is 2.67 bits per heavy atom. The first kappa shape index (κ1) is 14.6. The van der Waals surface area contributed by atoms with E-state index in [2.05, 4.69) is 15.2 Å². The summed E-state index contributed by atoms with van der Waals surface area (Å²) in [5.41, 5.74) is 1.11. The molecular weight excluding hydrogens is 304 g/mol. The van der Waals surface area contributed by atoms with E-state index < -0.39 is 0 Å². The average molecular weight is 322 g/mol. The number of nitrogens with zero attached hydrogens (tertiary/aromatic N) is 6. The second-order valence-corrected chi connectivity index (χ2v) is 6.03. The van der Waals surface area contributed by atoms with Crippen LogP contribution in [0, 0.1) is 0 Å². The van der Waals surface area contributed by atoms with Crippen LogP contribution in [0.25, 0.3) is 11.6 Å². The van der Waals surface area contributed by atoms with Gasteiger partial charge in [-0.2, -0.15) is 0 Å². The van der Waals surface area contributed by atoms with E-state index >= 15 is 0 Å². The molecular formula is C17H18N6O. The molecule has 0 unspecified atom stereocenters. The minimum absolute atomic E-state index is 0.0709. The summed E-state index contributed by atoms with van der Waals surface area (Å²) < 4.78 is 3.77. The van der Waals surface area contributed by atoms with Gasteiger partial charge in [-0.15, -0.1) is 10.2 Å². The second kappa shape index (κ2) is 5.59. The Morgan fingerprint density at radius 2 is 1.96 bits per heavy atom. The molecule has 0 radical (unpaired) electrons. The predicted octanol–water partition coefficient (Wildman–Crippen LogP) is 1.78. The molecule has 1 amide bonds. The minimum Gasteiger partial charge on any atom is -0.331 e. The van der Waals surface area contributed by atoms with Crippen molar-refractivity contribution < 1.29 is 4.79 Å². The van der Waals surface area contributed by atoms with E-state index in [0.717, 1.165) is 11.4 Å². The highest BCUT2D eigenvalue weighted by molar-refractivity contribution is 5.81. The van der Waals surface area contributed by atoms with Crippen molar-refractivity contribution in [3.63, 3.8) is 0 Å². The van der Waals surface area contributed by atoms with Crippen molar-refractivity contribution in [1.29, 1.82) is 0 Å². The molecule has 4 rings (SSSR count). The van der Waals surface area contributed by atoms with Gasteiger partial charge < -0.3 is 9.47 Å². The van der Waals surface area contributed by atoms with Crippen LogP contribution in [-0.2, 0) is 24.9 Å². The molecule has 0 saturated heterocycles. The zero-order valence-electron chi connectivity index (χ0n) is 13.6. The number of benzene rings is 1. The van der Waals surface area contributed by atoms with Crippen molar-refractivity contribution in [2.45, 2.75) is 26.1 Å². The maximum atomic E-state index is 12.8. The molecule has 1 aliphatic heterocycles. The first-order valence-corrected chi connectivity index (χ1v) is 7.89. The summed E-state index contributed by atoms with van der Waals surface area (Å²) in [7, 11) is 1.90. The fourth-order valence-corrected chi connectivity index (χ4v) is 3.13. The van der Waals surface area contributed by atoms with E-state index in [4.69, 9.17) is 0 Å². The molecule has 0 spiro atoms. The number of carbonyl (C=O) groups excluding carboxylic acids is 1. The normalized spacial score (nSPS) is 17.2. The first-order chi connectivity index (χ1) is 11.6. The number of hydrogen-bond acceptors (Lipinski definition) is 4. The molecule has 0 saturated carbocycles. The maximum Gasteiger partial charge on any atom is 0.246 e. The molecule has 1 aliphatic rings. The van der Waals surface area contributed by atoms with E-state index in [9.17, 15) is 4.79 Å². The molecule has 0 bridgehead atoms. The Labute approximate surface area is 139 Å². The van der Waals surface area contributed by atoms with Gasteiger partial charge in [0.25, 0.3) is 0 Å². The van der Waals surface area contributed by atoms with Crippen molar-refractivity contribution in [2.24, 2.45) is 7.05 Å². The van der Waals surface area contributed by atoms with Gasteiger partial charge in [-0.3, -0.25) is 9.36 Å². The largest absolute Gasteiger partial charge is 0.331 e. The molecule has 7 heteroatoms. The third-order valence-electron chi connectivity index (χ3n) is 4.39. The average Bonchev–Trinajstić information content (AvgIpc) is 3.19. The summed E-state index contributed by atoms with van der Waals surface area (Å²) in [5, 5.41) is 8.57. The summed E-state index contributed by atoms with van der Waals surface area (Å²) in [5.74, 6) is 2.21. The summed E-state index contributed by atoms with van der Waals surface area (Å²) in [4.78, 5) is 19.0. The first-order valence-electron chi connectivity index (χ1n) is 7.89. The van der Waals surface area contributed by atoms with Gasteiger partial charge in [-0.1, -0.05) is 30.3 Å². The number of imidazole rings is 1. The van der Waals surface area contributed by atoms with E-state index in [-0.39, 0.29) is 11.9 Å². The van der Waals surface area contributed by atoms with Crippen molar-refractivity contribution in [3.8, 4) is 11.6 Å². The van der Waals surface area contributed by atoms with Crippen LogP contribution in [0.1, 0.15) is 24.4 Å². The molecule has 1 aromatic carbocycles. The zero-order chi connectivity index (χ0) is 16.7. The van der Waals surface area contributed by atoms with Gasteiger partial charge in [0.2, 0.25) is 11.7 Å². The SMILES string of the molecule is C[C@H]1C(=O)N(Cc2ccccc2)Cc2nnc(-c3nccn3C)n21. The Balaban J connectivity index is 1.68. The second-order valence-electron chi connectivity index (χ2n) is 6.03. The van der Waals surface area contributed by atoms with E-state index in [0.29, 0.717) is 24.7 Å². The monoisotopic (exact) mass is 322 g/mol. The Morgan fingerprint density at radius 1 is 1.17 bits per heavy atom. The van der Waals surface area contributed by atoms with Crippen LogP contribution in [0.2, 0.25) is 0 Å². The zero-order valence-corrected chi connectivity index (χ0v) is 13.6.